The van der Waals surface area contributed by atoms with Gasteiger partial charge in [-0.1, -0.05) is 46.5 Å². The molecule has 1 aliphatic carbocycles. The van der Waals surface area contributed by atoms with Crippen molar-refractivity contribution >= 4 is 0 Å². The molecule has 0 aliphatic heterocycles. The van der Waals surface area contributed by atoms with Gasteiger partial charge in [0.1, 0.15) is 0 Å². The molecule has 1 rings (SSSR count). The smallest absolute Gasteiger partial charge is 0.0653 e. The Bertz CT molecular complexity index is 174. The highest BCUT2D eigenvalue weighted by atomic mass is 16.3. The molecule has 1 saturated carbocycles. The first-order chi connectivity index (χ1) is 6.47. The van der Waals surface area contributed by atoms with Gasteiger partial charge in [-0.3, -0.25) is 0 Å². The molecule has 1 fully saturated rings. The van der Waals surface area contributed by atoms with Crippen LogP contribution in [-0.4, -0.2) is 10.7 Å². The fourth-order valence-corrected chi connectivity index (χ4v) is 2.88. The third-order valence-corrected chi connectivity index (χ3v) is 3.55. The van der Waals surface area contributed by atoms with E-state index in [0.29, 0.717) is 5.41 Å². The Morgan fingerprint density at radius 1 is 1.14 bits per heavy atom. The Hall–Kier alpha value is -0.0400. The zero-order valence-corrected chi connectivity index (χ0v) is 10.1. The van der Waals surface area contributed by atoms with Crippen LogP contribution in [0.2, 0.25) is 0 Å². The highest BCUT2D eigenvalue weighted by Gasteiger charge is 2.37. The summed E-state index contributed by atoms with van der Waals surface area (Å²) in [4.78, 5) is 0. The maximum atomic E-state index is 10.4. The van der Waals surface area contributed by atoms with Crippen LogP contribution in [0.4, 0.5) is 0 Å². The quantitative estimate of drug-likeness (QED) is 0.679. The van der Waals surface area contributed by atoms with Gasteiger partial charge in [0.15, 0.2) is 0 Å². The summed E-state index contributed by atoms with van der Waals surface area (Å²) in [6.45, 7) is 6.79. The van der Waals surface area contributed by atoms with Crippen molar-refractivity contribution in [2.75, 3.05) is 0 Å². The van der Waals surface area contributed by atoms with Crippen LogP contribution in [0.1, 0.15) is 72.1 Å². The second-order valence-electron chi connectivity index (χ2n) is 5.88. The minimum absolute atomic E-state index is 0.336. The van der Waals surface area contributed by atoms with E-state index in [1.165, 1.54) is 32.1 Å². The molecule has 0 aromatic heterocycles. The normalized spacial score (nSPS) is 31.7. The summed E-state index contributed by atoms with van der Waals surface area (Å²) in [5, 5.41) is 10.4. The van der Waals surface area contributed by atoms with E-state index in [-0.39, 0.29) is 5.60 Å². The molecule has 1 unspecified atom stereocenters. The fourth-order valence-electron chi connectivity index (χ4n) is 2.88. The van der Waals surface area contributed by atoms with Gasteiger partial charge in [-0.2, -0.15) is 0 Å². The zero-order chi connectivity index (χ0) is 10.7. The van der Waals surface area contributed by atoms with E-state index in [2.05, 4.69) is 20.8 Å². The lowest BCUT2D eigenvalue weighted by Gasteiger charge is -2.41. The van der Waals surface area contributed by atoms with Crippen molar-refractivity contribution in [3.8, 4) is 0 Å². The maximum absolute atomic E-state index is 10.4. The van der Waals surface area contributed by atoms with Crippen LogP contribution in [0, 0.1) is 5.41 Å². The molecule has 1 N–H and O–H groups in total. The summed E-state index contributed by atoms with van der Waals surface area (Å²) in [7, 11) is 0. The number of hydrogen-bond acceptors (Lipinski definition) is 1. The molecule has 0 amide bonds. The number of unbranched alkanes of at least 4 members (excludes halogenated alkanes) is 2. The minimum Gasteiger partial charge on any atom is -0.390 e. The summed E-state index contributed by atoms with van der Waals surface area (Å²) in [5.74, 6) is 0. The summed E-state index contributed by atoms with van der Waals surface area (Å²) >= 11 is 0. The van der Waals surface area contributed by atoms with E-state index in [9.17, 15) is 5.11 Å². The average Bonchev–Trinajstić information content (AvgIpc) is 2.01. The highest BCUT2D eigenvalue weighted by Crippen LogP contribution is 2.43. The summed E-state index contributed by atoms with van der Waals surface area (Å²) < 4.78 is 0. The third kappa shape index (κ3) is 3.61. The standard InChI is InChI=1S/C13H26O/c1-4-5-6-9-13(14)10-7-8-12(2,3)11-13/h14H,4-11H2,1-3H3. The van der Waals surface area contributed by atoms with E-state index in [1.807, 2.05) is 0 Å². The van der Waals surface area contributed by atoms with Gasteiger partial charge in [0.2, 0.25) is 0 Å². The van der Waals surface area contributed by atoms with Crippen LogP contribution in [0.3, 0.4) is 0 Å². The number of rotatable bonds is 4. The first-order valence-electron chi connectivity index (χ1n) is 6.20. The second kappa shape index (κ2) is 4.65. The Morgan fingerprint density at radius 2 is 1.86 bits per heavy atom. The minimum atomic E-state index is -0.336. The molecule has 1 aliphatic rings. The Morgan fingerprint density at radius 3 is 2.43 bits per heavy atom. The van der Waals surface area contributed by atoms with E-state index in [4.69, 9.17) is 0 Å². The van der Waals surface area contributed by atoms with Gasteiger partial charge < -0.3 is 5.11 Å². The lowest BCUT2D eigenvalue weighted by atomic mass is 9.68. The average molecular weight is 198 g/mol. The molecule has 14 heavy (non-hydrogen) atoms. The van der Waals surface area contributed by atoms with Gasteiger partial charge in [-0.15, -0.1) is 0 Å². The summed E-state index contributed by atoms with van der Waals surface area (Å²) in [6.07, 6.45) is 9.25. The second-order valence-corrected chi connectivity index (χ2v) is 5.88. The molecule has 0 bridgehead atoms. The maximum Gasteiger partial charge on any atom is 0.0653 e. The van der Waals surface area contributed by atoms with Gasteiger partial charge in [0.05, 0.1) is 5.60 Å². The predicted octanol–water partition coefficient (Wildman–Crippen LogP) is 3.90. The third-order valence-electron chi connectivity index (χ3n) is 3.55. The van der Waals surface area contributed by atoms with E-state index in [1.54, 1.807) is 0 Å². The fraction of sp³-hybridized carbons (Fsp3) is 1.00. The Labute approximate surface area is 88.9 Å². The van der Waals surface area contributed by atoms with Crippen molar-refractivity contribution in [3.63, 3.8) is 0 Å². The molecule has 0 heterocycles. The van der Waals surface area contributed by atoms with Crippen LogP contribution in [-0.2, 0) is 0 Å². The van der Waals surface area contributed by atoms with Crippen LogP contribution >= 0.6 is 0 Å². The van der Waals surface area contributed by atoms with Crippen molar-refractivity contribution in [2.45, 2.75) is 77.7 Å². The molecule has 0 spiro atoms. The Balaban J connectivity index is 2.39. The molecule has 1 nitrogen and oxygen atoms in total. The monoisotopic (exact) mass is 198 g/mol. The summed E-state index contributed by atoms with van der Waals surface area (Å²) in [6, 6.07) is 0. The summed E-state index contributed by atoms with van der Waals surface area (Å²) in [5.41, 5.74) is 0.0239. The lowest BCUT2D eigenvalue weighted by molar-refractivity contribution is -0.0464. The van der Waals surface area contributed by atoms with Crippen molar-refractivity contribution in [2.24, 2.45) is 5.41 Å². The molecule has 0 aromatic rings. The molecule has 84 valence electrons. The van der Waals surface area contributed by atoms with Crippen molar-refractivity contribution in [1.82, 2.24) is 0 Å². The van der Waals surface area contributed by atoms with Crippen molar-refractivity contribution in [3.05, 3.63) is 0 Å². The van der Waals surface area contributed by atoms with Crippen molar-refractivity contribution in [1.29, 1.82) is 0 Å². The van der Waals surface area contributed by atoms with Gasteiger partial charge in [0.25, 0.3) is 0 Å². The van der Waals surface area contributed by atoms with Crippen LogP contribution in [0.5, 0.6) is 0 Å². The van der Waals surface area contributed by atoms with Gasteiger partial charge >= 0.3 is 0 Å². The molecule has 1 atom stereocenters. The van der Waals surface area contributed by atoms with Gasteiger partial charge in [0, 0.05) is 0 Å². The first-order valence-corrected chi connectivity index (χ1v) is 6.20. The topological polar surface area (TPSA) is 20.2 Å². The highest BCUT2D eigenvalue weighted by molar-refractivity contribution is 4.90. The van der Waals surface area contributed by atoms with Gasteiger partial charge in [-0.25, -0.2) is 0 Å². The SMILES string of the molecule is CCCCCC1(O)CCCC(C)(C)C1. The zero-order valence-electron chi connectivity index (χ0n) is 10.1. The number of hydrogen-bond donors (Lipinski definition) is 1. The molecule has 0 radical (unpaired) electrons. The molecule has 0 saturated heterocycles. The van der Waals surface area contributed by atoms with E-state index in [0.717, 1.165) is 19.3 Å². The van der Waals surface area contributed by atoms with Gasteiger partial charge in [-0.05, 0) is 31.1 Å². The van der Waals surface area contributed by atoms with Crippen LogP contribution in [0.25, 0.3) is 0 Å². The van der Waals surface area contributed by atoms with Crippen LogP contribution < -0.4 is 0 Å². The Kier molecular flexibility index (Phi) is 4.00. The molecule has 0 aromatic carbocycles. The lowest BCUT2D eigenvalue weighted by Crippen LogP contribution is -2.38. The largest absolute Gasteiger partial charge is 0.390 e. The number of aliphatic hydroxyl groups is 1. The van der Waals surface area contributed by atoms with Crippen LogP contribution in [0.15, 0.2) is 0 Å². The molecular formula is C13H26O. The van der Waals surface area contributed by atoms with Crippen molar-refractivity contribution < 1.29 is 5.11 Å². The molecular weight excluding hydrogens is 172 g/mol. The first kappa shape index (κ1) is 12.0. The van der Waals surface area contributed by atoms with E-state index >= 15 is 0 Å². The van der Waals surface area contributed by atoms with E-state index < -0.39 is 0 Å². The predicted molar refractivity (Wildman–Crippen MR) is 61.3 cm³/mol. The molecule has 1 heteroatoms.